The molecule has 0 spiro atoms. The maximum Gasteiger partial charge on any atom is 0.271 e. The summed E-state index contributed by atoms with van der Waals surface area (Å²) in [6, 6.07) is 7.74. The molecule has 0 atom stereocenters. The fraction of sp³-hybridized carbons (Fsp3) is 0.273. The first-order valence-corrected chi connectivity index (χ1v) is 10.4. The highest BCUT2D eigenvalue weighted by atomic mass is 32.1. The highest BCUT2D eigenvalue weighted by Crippen LogP contribution is 2.38. The van der Waals surface area contributed by atoms with Gasteiger partial charge in [-0.1, -0.05) is 0 Å². The number of hydrogen-bond acceptors (Lipinski definition) is 5. The van der Waals surface area contributed by atoms with Gasteiger partial charge >= 0.3 is 0 Å². The number of carbonyl (C=O) groups is 1. The lowest BCUT2D eigenvalue weighted by atomic mass is 9.96. The van der Waals surface area contributed by atoms with Gasteiger partial charge in [-0.15, -0.1) is 11.3 Å². The van der Waals surface area contributed by atoms with E-state index in [2.05, 4.69) is 26.1 Å². The second-order valence-corrected chi connectivity index (χ2v) is 8.18. The minimum Gasteiger partial charge on any atom is -0.308 e. The number of rotatable bonds is 4. The van der Waals surface area contributed by atoms with Crippen molar-refractivity contribution in [2.24, 2.45) is 5.10 Å². The molecule has 4 rings (SSSR count). The van der Waals surface area contributed by atoms with Crippen LogP contribution in [0.2, 0.25) is 0 Å². The van der Waals surface area contributed by atoms with Crippen molar-refractivity contribution in [1.82, 2.24) is 15.0 Å². The quantitative estimate of drug-likeness (QED) is 0.527. The molecule has 1 amide bonds. The van der Waals surface area contributed by atoms with Crippen LogP contribution in [0.1, 0.15) is 56.2 Å². The Hall–Kier alpha value is -3.24. The first-order chi connectivity index (χ1) is 14.1. The SMILES string of the molecule is Cc1cc(/C=N\NC(=O)c2ccncc2)c(C)n1-c1sc2c(c1C#N)CCCC2. The zero-order valence-electron chi connectivity index (χ0n) is 16.4. The molecule has 1 aliphatic carbocycles. The summed E-state index contributed by atoms with van der Waals surface area (Å²) in [5.74, 6) is -0.282. The molecule has 0 aliphatic heterocycles. The highest BCUT2D eigenvalue weighted by Gasteiger charge is 2.23. The summed E-state index contributed by atoms with van der Waals surface area (Å²) < 4.78 is 2.13. The molecule has 0 aromatic carbocycles. The lowest BCUT2D eigenvalue weighted by molar-refractivity contribution is 0.0955. The van der Waals surface area contributed by atoms with Crippen LogP contribution in [-0.2, 0) is 12.8 Å². The van der Waals surface area contributed by atoms with Crippen LogP contribution in [0.15, 0.2) is 35.7 Å². The van der Waals surface area contributed by atoms with Gasteiger partial charge in [0, 0.05) is 39.8 Å². The van der Waals surface area contributed by atoms with Crippen LogP contribution in [0.3, 0.4) is 0 Å². The summed E-state index contributed by atoms with van der Waals surface area (Å²) in [5, 5.41) is 14.9. The molecule has 0 unspecified atom stereocenters. The van der Waals surface area contributed by atoms with Crippen LogP contribution in [0, 0.1) is 25.2 Å². The van der Waals surface area contributed by atoms with Crippen molar-refractivity contribution in [2.45, 2.75) is 39.5 Å². The van der Waals surface area contributed by atoms with Crippen molar-refractivity contribution in [3.05, 3.63) is 69.1 Å². The fourth-order valence-corrected chi connectivity index (χ4v) is 5.23. The van der Waals surface area contributed by atoms with Gasteiger partial charge < -0.3 is 4.57 Å². The Morgan fingerprint density at radius 3 is 2.83 bits per heavy atom. The summed E-state index contributed by atoms with van der Waals surface area (Å²) in [5.41, 5.74) is 8.04. The largest absolute Gasteiger partial charge is 0.308 e. The maximum absolute atomic E-state index is 12.1. The molecule has 1 N–H and O–H groups in total. The van der Waals surface area contributed by atoms with Gasteiger partial charge in [-0.2, -0.15) is 10.4 Å². The van der Waals surface area contributed by atoms with E-state index in [4.69, 9.17) is 0 Å². The Morgan fingerprint density at radius 2 is 2.07 bits per heavy atom. The van der Waals surface area contributed by atoms with E-state index < -0.39 is 0 Å². The number of aryl methyl sites for hydroxylation is 2. The number of nitrogens with zero attached hydrogens (tertiary/aromatic N) is 4. The zero-order valence-corrected chi connectivity index (χ0v) is 17.2. The van der Waals surface area contributed by atoms with Gasteiger partial charge in [-0.3, -0.25) is 9.78 Å². The monoisotopic (exact) mass is 403 g/mol. The van der Waals surface area contributed by atoms with Crippen LogP contribution in [0.4, 0.5) is 0 Å². The van der Waals surface area contributed by atoms with E-state index in [1.165, 1.54) is 16.9 Å². The Kier molecular flexibility index (Phi) is 5.28. The van der Waals surface area contributed by atoms with Crippen molar-refractivity contribution in [2.75, 3.05) is 0 Å². The molecular formula is C22H21N5OS. The van der Waals surface area contributed by atoms with Crippen molar-refractivity contribution < 1.29 is 4.79 Å². The smallest absolute Gasteiger partial charge is 0.271 e. The number of carbonyl (C=O) groups excluding carboxylic acids is 1. The van der Waals surface area contributed by atoms with E-state index in [0.717, 1.165) is 46.8 Å². The van der Waals surface area contributed by atoms with Gasteiger partial charge in [0.25, 0.3) is 5.91 Å². The van der Waals surface area contributed by atoms with E-state index in [1.54, 1.807) is 42.1 Å². The second-order valence-electron chi connectivity index (χ2n) is 7.10. The Bertz CT molecular complexity index is 1130. The molecular weight excluding hydrogens is 382 g/mol. The Labute approximate surface area is 173 Å². The molecule has 3 aromatic heterocycles. The average molecular weight is 404 g/mol. The molecule has 0 fully saturated rings. The summed E-state index contributed by atoms with van der Waals surface area (Å²) >= 11 is 1.73. The molecule has 0 bridgehead atoms. The topological polar surface area (TPSA) is 83.1 Å². The minimum atomic E-state index is -0.282. The van der Waals surface area contributed by atoms with E-state index in [9.17, 15) is 10.1 Å². The highest BCUT2D eigenvalue weighted by molar-refractivity contribution is 7.15. The van der Waals surface area contributed by atoms with Crippen LogP contribution in [-0.4, -0.2) is 21.7 Å². The minimum absolute atomic E-state index is 0.282. The van der Waals surface area contributed by atoms with Crippen molar-refractivity contribution in [3.63, 3.8) is 0 Å². The predicted octanol–water partition coefficient (Wildman–Crippen LogP) is 4.07. The second kappa shape index (κ2) is 8.02. The van der Waals surface area contributed by atoms with E-state index >= 15 is 0 Å². The average Bonchev–Trinajstić information content (AvgIpc) is 3.24. The van der Waals surface area contributed by atoms with Crippen LogP contribution in [0.25, 0.3) is 5.00 Å². The van der Waals surface area contributed by atoms with Crippen LogP contribution < -0.4 is 5.43 Å². The number of fused-ring (bicyclic) bond motifs is 1. The van der Waals surface area contributed by atoms with Gasteiger partial charge in [-0.05, 0) is 63.3 Å². The number of pyridine rings is 1. The molecule has 0 radical (unpaired) electrons. The number of aromatic nitrogens is 2. The van der Waals surface area contributed by atoms with Crippen molar-refractivity contribution >= 4 is 23.5 Å². The molecule has 7 heteroatoms. The third-order valence-corrected chi connectivity index (χ3v) is 6.53. The van der Waals surface area contributed by atoms with E-state index in [0.29, 0.717) is 5.56 Å². The van der Waals surface area contributed by atoms with Gasteiger partial charge in [0.2, 0.25) is 0 Å². The lowest BCUT2D eigenvalue weighted by Gasteiger charge is -2.10. The number of amides is 1. The normalized spacial score (nSPS) is 13.3. The number of nitrogens with one attached hydrogen (secondary N) is 1. The van der Waals surface area contributed by atoms with E-state index in [-0.39, 0.29) is 5.91 Å². The maximum atomic E-state index is 12.1. The van der Waals surface area contributed by atoms with Crippen molar-refractivity contribution in [1.29, 1.82) is 5.26 Å². The number of nitriles is 1. The van der Waals surface area contributed by atoms with Gasteiger partial charge in [0.05, 0.1) is 11.8 Å². The lowest BCUT2D eigenvalue weighted by Crippen LogP contribution is -2.17. The number of thiophene rings is 1. The van der Waals surface area contributed by atoms with Gasteiger partial charge in [0.15, 0.2) is 0 Å². The molecule has 146 valence electrons. The third kappa shape index (κ3) is 3.59. The van der Waals surface area contributed by atoms with Crippen LogP contribution >= 0.6 is 11.3 Å². The predicted molar refractivity (Wildman–Crippen MR) is 114 cm³/mol. The first kappa shape index (κ1) is 19.1. The molecule has 3 heterocycles. The molecule has 3 aromatic rings. The molecule has 6 nitrogen and oxygen atoms in total. The Morgan fingerprint density at radius 1 is 1.31 bits per heavy atom. The summed E-state index contributed by atoms with van der Waals surface area (Å²) in [7, 11) is 0. The summed E-state index contributed by atoms with van der Waals surface area (Å²) in [4.78, 5) is 17.4. The third-order valence-electron chi connectivity index (χ3n) is 5.25. The zero-order chi connectivity index (χ0) is 20.4. The fourth-order valence-electron chi connectivity index (χ4n) is 3.78. The summed E-state index contributed by atoms with van der Waals surface area (Å²) in [6.45, 7) is 4.04. The van der Waals surface area contributed by atoms with Crippen LogP contribution in [0.5, 0.6) is 0 Å². The first-order valence-electron chi connectivity index (χ1n) is 9.57. The molecule has 1 aliphatic rings. The van der Waals surface area contributed by atoms with Gasteiger partial charge in [-0.25, -0.2) is 5.43 Å². The standard InChI is InChI=1S/C22H21N5OS/c1-14-11-17(13-25-26-21(28)16-7-9-24-10-8-16)15(2)27(14)22-19(12-23)18-5-3-4-6-20(18)29-22/h7-11,13H,3-6H2,1-2H3,(H,26,28)/b25-13-. The molecule has 0 saturated heterocycles. The number of hydrogen-bond donors (Lipinski definition) is 1. The molecule has 29 heavy (non-hydrogen) atoms. The summed E-state index contributed by atoms with van der Waals surface area (Å²) in [6.07, 6.45) is 9.18. The van der Waals surface area contributed by atoms with Gasteiger partial charge in [0.1, 0.15) is 11.1 Å². The van der Waals surface area contributed by atoms with Crippen molar-refractivity contribution in [3.8, 4) is 11.1 Å². The number of hydrazone groups is 1. The molecule has 0 saturated carbocycles. The Balaban J connectivity index is 1.62. The van der Waals surface area contributed by atoms with E-state index in [1.807, 2.05) is 19.9 Å².